The molecule has 0 bridgehead atoms. The van der Waals surface area contributed by atoms with Crippen molar-refractivity contribution in [1.29, 1.82) is 0 Å². The monoisotopic (exact) mass is 151 g/mol. The van der Waals surface area contributed by atoms with E-state index in [0.29, 0.717) is 6.54 Å². The Bertz CT molecular complexity index is 222. The topological polar surface area (TPSA) is 37.4 Å². The molecule has 1 heterocycles. The fourth-order valence-corrected chi connectivity index (χ4v) is 0.822. The molecule has 0 aliphatic carbocycles. The molecule has 1 rings (SSSR count). The van der Waals surface area contributed by atoms with Crippen molar-refractivity contribution >= 4 is 11.8 Å². The normalized spacial score (nSPS) is 17.4. The lowest BCUT2D eigenvalue weighted by molar-refractivity contribution is -0.136. The van der Waals surface area contributed by atoms with Gasteiger partial charge < -0.3 is 0 Å². The molecule has 58 valence electrons. The highest BCUT2D eigenvalue weighted by molar-refractivity contribution is 6.12. The number of hydrogen-bond acceptors (Lipinski definition) is 2. The molecule has 0 saturated carbocycles. The third-order valence-electron chi connectivity index (χ3n) is 1.42. The second kappa shape index (κ2) is 3.14. The van der Waals surface area contributed by atoms with Crippen LogP contribution in [0.15, 0.2) is 24.3 Å². The lowest BCUT2D eigenvalue weighted by Gasteiger charge is -2.09. The van der Waals surface area contributed by atoms with Crippen LogP contribution in [0.4, 0.5) is 0 Å². The first-order valence-corrected chi connectivity index (χ1v) is 3.40. The quantitative estimate of drug-likeness (QED) is 0.425. The zero-order chi connectivity index (χ0) is 8.27. The van der Waals surface area contributed by atoms with Crippen molar-refractivity contribution in [2.75, 3.05) is 6.54 Å². The van der Waals surface area contributed by atoms with Crippen LogP contribution in [0.1, 0.15) is 6.92 Å². The Morgan fingerprint density at radius 3 is 2.36 bits per heavy atom. The first kappa shape index (κ1) is 7.72. The molecule has 0 spiro atoms. The van der Waals surface area contributed by atoms with E-state index >= 15 is 0 Å². The highest BCUT2D eigenvalue weighted by Gasteiger charge is 2.21. The van der Waals surface area contributed by atoms with Gasteiger partial charge in [-0.05, 0) is 6.92 Å². The smallest absolute Gasteiger partial charge is 0.253 e. The molecule has 0 atom stereocenters. The number of rotatable bonds is 2. The largest absolute Gasteiger partial charge is 0.272 e. The van der Waals surface area contributed by atoms with Crippen LogP contribution in [0.3, 0.4) is 0 Å². The fourth-order valence-electron chi connectivity index (χ4n) is 0.822. The minimum absolute atomic E-state index is 0.229. The molecular formula is C8H9NO2. The number of imide groups is 1. The Morgan fingerprint density at radius 1 is 1.36 bits per heavy atom. The fraction of sp³-hybridized carbons (Fsp3) is 0.250. The van der Waals surface area contributed by atoms with Crippen molar-refractivity contribution in [2.45, 2.75) is 6.92 Å². The predicted molar refractivity (Wildman–Crippen MR) is 40.7 cm³/mol. The summed E-state index contributed by atoms with van der Waals surface area (Å²) in [4.78, 5) is 22.9. The van der Waals surface area contributed by atoms with Crippen LogP contribution >= 0.6 is 0 Å². The van der Waals surface area contributed by atoms with E-state index in [1.54, 1.807) is 12.2 Å². The number of amides is 2. The van der Waals surface area contributed by atoms with E-state index < -0.39 is 0 Å². The lowest BCUT2D eigenvalue weighted by Crippen LogP contribution is -2.29. The van der Waals surface area contributed by atoms with Gasteiger partial charge >= 0.3 is 0 Å². The molecule has 11 heavy (non-hydrogen) atoms. The SMILES string of the molecule is C/C=C/CN1C(=O)C=CC1=O. The van der Waals surface area contributed by atoms with Gasteiger partial charge in [-0.2, -0.15) is 0 Å². The molecular weight excluding hydrogens is 142 g/mol. The van der Waals surface area contributed by atoms with Gasteiger partial charge in [0, 0.05) is 18.7 Å². The maximum Gasteiger partial charge on any atom is 0.253 e. The summed E-state index contributed by atoms with van der Waals surface area (Å²) in [6.07, 6.45) is 6.14. The molecule has 0 N–H and O–H groups in total. The number of carbonyl (C=O) groups excluding carboxylic acids is 2. The number of nitrogens with zero attached hydrogens (tertiary/aromatic N) is 1. The summed E-state index contributed by atoms with van der Waals surface area (Å²) >= 11 is 0. The molecule has 3 nitrogen and oxygen atoms in total. The molecule has 0 aromatic heterocycles. The molecule has 0 aromatic carbocycles. The van der Waals surface area contributed by atoms with Gasteiger partial charge in [0.2, 0.25) is 0 Å². The second-order valence-electron chi connectivity index (χ2n) is 2.19. The summed E-state index contributed by atoms with van der Waals surface area (Å²) in [5.74, 6) is -0.457. The zero-order valence-corrected chi connectivity index (χ0v) is 6.28. The third kappa shape index (κ3) is 1.55. The van der Waals surface area contributed by atoms with Gasteiger partial charge in [0.15, 0.2) is 0 Å². The van der Waals surface area contributed by atoms with E-state index in [1.165, 1.54) is 17.1 Å². The number of hydrogen-bond donors (Lipinski definition) is 0. The number of carbonyl (C=O) groups is 2. The molecule has 1 aliphatic heterocycles. The predicted octanol–water partition coefficient (Wildman–Crippen LogP) is 0.488. The van der Waals surface area contributed by atoms with Crippen LogP contribution in [0.5, 0.6) is 0 Å². The average Bonchev–Trinajstić information content (AvgIpc) is 2.29. The molecule has 2 amide bonds. The molecule has 0 fully saturated rings. The van der Waals surface area contributed by atoms with Gasteiger partial charge in [0.1, 0.15) is 0 Å². The Kier molecular flexibility index (Phi) is 2.21. The van der Waals surface area contributed by atoms with Crippen LogP contribution in [0.25, 0.3) is 0 Å². The maximum absolute atomic E-state index is 10.9. The Balaban J connectivity index is 2.59. The summed E-state index contributed by atoms with van der Waals surface area (Å²) in [7, 11) is 0. The van der Waals surface area contributed by atoms with Crippen molar-refractivity contribution in [3.63, 3.8) is 0 Å². The van der Waals surface area contributed by atoms with E-state index in [9.17, 15) is 9.59 Å². The lowest BCUT2D eigenvalue weighted by atomic mass is 10.4. The Labute approximate surface area is 65.0 Å². The Morgan fingerprint density at radius 2 is 1.91 bits per heavy atom. The van der Waals surface area contributed by atoms with Crippen molar-refractivity contribution in [3.8, 4) is 0 Å². The Hall–Kier alpha value is -1.38. The van der Waals surface area contributed by atoms with Gasteiger partial charge in [-0.3, -0.25) is 14.5 Å². The van der Waals surface area contributed by atoms with Gasteiger partial charge in [-0.1, -0.05) is 12.2 Å². The van der Waals surface area contributed by atoms with Crippen LogP contribution in [-0.4, -0.2) is 23.3 Å². The molecule has 3 heteroatoms. The van der Waals surface area contributed by atoms with Gasteiger partial charge in [0.25, 0.3) is 11.8 Å². The van der Waals surface area contributed by atoms with Crippen molar-refractivity contribution in [2.24, 2.45) is 0 Å². The van der Waals surface area contributed by atoms with E-state index in [2.05, 4.69) is 0 Å². The van der Waals surface area contributed by atoms with Crippen molar-refractivity contribution in [1.82, 2.24) is 4.90 Å². The van der Waals surface area contributed by atoms with Crippen LogP contribution in [0.2, 0.25) is 0 Å². The second-order valence-corrected chi connectivity index (χ2v) is 2.19. The maximum atomic E-state index is 10.9. The standard InChI is InChI=1S/C8H9NO2/c1-2-3-6-9-7(10)4-5-8(9)11/h2-5H,6H2,1H3/b3-2+. The van der Waals surface area contributed by atoms with Crippen LogP contribution in [0, 0.1) is 0 Å². The molecule has 0 aromatic rings. The van der Waals surface area contributed by atoms with Crippen molar-refractivity contribution in [3.05, 3.63) is 24.3 Å². The van der Waals surface area contributed by atoms with Gasteiger partial charge in [-0.25, -0.2) is 0 Å². The average molecular weight is 151 g/mol. The van der Waals surface area contributed by atoms with Crippen LogP contribution < -0.4 is 0 Å². The number of allylic oxidation sites excluding steroid dienone is 1. The third-order valence-corrected chi connectivity index (χ3v) is 1.42. The van der Waals surface area contributed by atoms with Gasteiger partial charge in [-0.15, -0.1) is 0 Å². The highest BCUT2D eigenvalue weighted by Crippen LogP contribution is 2.02. The summed E-state index contributed by atoms with van der Waals surface area (Å²) in [6, 6.07) is 0. The van der Waals surface area contributed by atoms with E-state index in [4.69, 9.17) is 0 Å². The highest BCUT2D eigenvalue weighted by atomic mass is 16.2. The zero-order valence-electron chi connectivity index (χ0n) is 6.28. The first-order valence-electron chi connectivity index (χ1n) is 3.40. The molecule has 0 saturated heterocycles. The van der Waals surface area contributed by atoms with Crippen LogP contribution in [-0.2, 0) is 9.59 Å². The molecule has 0 unspecified atom stereocenters. The summed E-state index contributed by atoms with van der Waals surface area (Å²) in [6.45, 7) is 2.22. The van der Waals surface area contributed by atoms with Crippen molar-refractivity contribution < 1.29 is 9.59 Å². The summed E-state index contributed by atoms with van der Waals surface area (Å²) < 4.78 is 0. The molecule has 1 aliphatic rings. The van der Waals surface area contributed by atoms with E-state index in [1.807, 2.05) is 6.92 Å². The first-order chi connectivity index (χ1) is 5.25. The van der Waals surface area contributed by atoms with E-state index in [0.717, 1.165) is 0 Å². The van der Waals surface area contributed by atoms with E-state index in [-0.39, 0.29) is 11.8 Å². The minimum Gasteiger partial charge on any atom is -0.272 e. The summed E-state index contributed by atoms with van der Waals surface area (Å²) in [5.41, 5.74) is 0. The van der Waals surface area contributed by atoms with Gasteiger partial charge in [0.05, 0.1) is 0 Å². The molecule has 0 radical (unpaired) electrons. The summed E-state index contributed by atoms with van der Waals surface area (Å²) in [5, 5.41) is 0. The minimum atomic E-state index is -0.229.